The van der Waals surface area contributed by atoms with Crippen molar-refractivity contribution in [2.45, 2.75) is 13.0 Å². The largest absolute Gasteiger partial charge is 0.508 e. The number of phenolic OH excluding ortho intramolecular Hbond substituents is 1. The topological polar surface area (TPSA) is 57.1 Å². The monoisotopic (exact) mass is 182 g/mol. The number of benzene rings is 1. The minimum absolute atomic E-state index is 0.202. The summed E-state index contributed by atoms with van der Waals surface area (Å²) >= 11 is 0. The summed E-state index contributed by atoms with van der Waals surface area (Å²) in [4.78, 5) is 0. The van der Waals surface area contributed by atoms with Gasteiger partial charge in [0, 0.05) is 0 Å². The van der Waals surface area contributed by atoms with E-state index >= 15 is 0 Å². The van der Waals surface area contributed by atoms with Crippen LogP contribution in [0.2, 0.25) is 0 Å². The second-order valence-electron chi connectivity index (χ2n) is 3.04. The summed E-state index contributed by atoms with van der Waals surface area (Å²) in [5.74, 6) is 0.202. The van der Waals surface area contributed by atoms with Crippen molar-refractivity contribution in [1.82, 2.24) is 0 Å². The molecular formula is C10H16NO2+. The van der Waals surface area contributed by atoms with Crippen LogP contribution in [-0.4, -0.2) is 23.3 Å². The molecule has 0 aromatic heterocycles. The molecule has 0 amide bonds. The number of rotatable bonds is 4. The number of phenols is 1. The molecule has 0 aliphatic rings. The molecule has 0 saturated carbocycles. The Hall–Kier alpha value is -1.06. The zero-order valence-electron chi connectivity index (χ0n) is 7.77. The Bertz CT molecular complexity index is 263. The van der Waals surface area contributed by atoms with E-state index in [1.165, 1.54) is 0 Å². The van der Waals surface area contributed by atoms with Gasteiger partial charge in [-0.25, -0.2) is 0 Å². The van der Waals surface area contributed by atoms with Crippen molar-refractivity contribution in [3.63, 3.8) is 0 Å². The Balaban J connectivity index is 2.60. The van der Waals surface area contributed by atoms with Crippen LogP contribution in [0.3, 0.4) is 0 Å². The lowest BCUT2D eigenvalue weighted by atomic mass is 10.1. The number of aliphatic hydroxyl groups excluding tert-OH is 1. The van der Waals surface area contributed by atoms with Crippen LogP contribution in [0.15, 0.2) is 24.3 Å². The van der Waals surface area contributed by atoms with Crippen molar-refractivity contribution in [1.29, 1.82) is 0 Å². The van der Waals surface area contributed by atoms with Crippen LogP contribution < -0.4 is 5.32 Å². The van der Waals surface area contributed by atoms with Crippen LogP contribution in [-0.2, 0) is 0 Å². The number of hydrogen-bond donors (Lipinski definition) is 3. The molecule has 0 bridgehead atoms. The molecular weight excluding hydrogens is 166 g/mol. The lowest BCUT2D eigenvalue weighted by Gasteiger charge is -2.08. The first-order valence-electron chi connectivity index (χ1n) is 4.52. The van der Waals surface area contributed by atoms with Gasteiger partial charge in [-0.1, -0.05) is 12.1 Å². The van der Waals surface area contributed by atoms with Crippen LogP contribution in [0.4, 0.5) is 0 Å². The SMILES string of the molecule is CC[NH2+]C[C@@H](O)c1cccc(O)c1. The number of hydrogen-bond acceptors (Lipinski definition) is 2. The number of nitrogens with two attached hydrogens (primary N) is 1. The molecule has 0 unspecified atom stereocenters. The van der Waals surface area contributed by atoms with Gasteiger partial charge in [-0.3, -0.25) is 0 Å². The summed E-state index contributed by atoms with van der Waals surface area (Å²) in [5, 5.41) is 20.8. The number of likely N-dealkylation sites (N-methyl/N-ethyl adjacent to an activating group) is 1. The van der Waals surface area contributed by atoms with Gasteiger partial charge in [-0.05, 0) is 24.6 Å². The van der Waals surface area contributed by atoms with E-state index in [0.717, 1.165) is 12.1 Å². The van der Waals surface area contributed by atoms with E-state index < -0.39 is 6.10 Å². The molecule has 13 heavy (non-hydrogen) atoms. The molecule has 4 N–H and O–H groups in total. The van der Waals surface area contributed by atoms with E-state index in [2.05, 4.69) is 0 Å². The number of quaternary nitrogens is 1. The highest BCUT2D eigenvalue weighted by Crippen LogP contribution is 2.16. The summed E-state index contributed by atoms with van der Waals surface area (Å²) in [6, 6.07) is 6.74. The van der Waals surface area contributed by atoms with Gasteiger partial charge in [0.25, 0.3) is 0 Å². The van der Waals surface area contributed by atoms with Gasteiger partial charge in [-0.2, -0.15) is 0 Å². The highest BCUT2D eigenvalue weighted by Gasteiger charge is 2.08. The normalized spacial score (nSPS) is 12.8. The minimum Gasteiger partial charge on any atom is -0.508 e. The maximum Gasteiger partial charge on any atom is 0.128 e. The van der Waals surface area contributed by atoms with Crippen molar-refractivity contribution in [3.8, 4) is 5.75 Å². The third-order valence-electron chi connectivity index (χ3n) is 1.93. The lowest BCUT2D eigenvalue weighted by Crippen LogP contribution is -2.84. The summed E-state index contributed by atoms with van der Waals surface area (Å²) < 4.78 is 0. The molecule has 0 aliphatic heterocycles. The molecule has 3 nitrogen and oxygen atoms in total. The first-order valence-corrected chi connectivity index (χ1v) is 4.52. The Morgan fingerprint density at radius 2 is 2.23 bits per heavy atom. The summed E-state index contributed by atoms with van der Waals surface area (Å²) in [6.07, 6.45) is -0.493. The van der Waals surface area contributed by atoms with Crippen LogP contribution in [0.25, 0.3) is 0 Å². The average Bonchev–Trinajstić information content (AvgIpc) is 2.14. The fraction of sp³-hybridized carbons (Fsp3) is 0.400. The smallest absolute Gasteiger partial charge is 0.128 e. The molecule has 3 heteroatoms. The molecule has 0 heterocycles. The van der Waals surface area contributed by atoms with Crippen LogP contribution in [0.1, 0.15) is 18.6 Å². The van der Waals surface area contributed by atoms with E-state index in [4.69, 9.17) is 5.11 Å². The van der Waals surface area contributed by atoms with Crippen molar-refractivity contribution >= 4 is 0 Å². The molecule has 1 aromatic rings. The minimum atomic E-state index is -0.493. The van der Waals surface area contributed by atoms with Crippen molar-refractivity contribution in [3.05, 3.63) is 29.8 Å². The maximum atomic E-state index is 9.63. The van der Waals surface area contributed by atoms with Crippen molar-refractivity contribution in [2.75, 3.05) is 13.1 Å². The van der Waals surface area contributed by atoms with E-state index in [9.17, 15) is 5.11 Å². The predicted octanol–water partition coefficient (Wildman–Crippen LogP) is 0.00890. The van der Waals surface area contributed by atoms with E-state index in [-0.39, 0.29) is 5.75 Å². The second kappa shape index (κ2) is 4.84. The highest BCUT2D eigenvalue weighted by atomic mass is 16.3. The Morgan fingerprint density at radius 1 is 1.46 bits per heavy atom. The third-order valence-corrected chi connectivity index (χ3v) is 1.93. The highest BCUT2D eigenvalue weighted by molar-refractivity contribution is 5.28. The summed E-state index contributed by atoms with van der Waals surface area (Å²) in [5.41, 5.74) is 0.768. The Kier molecular flexibility index (Phi) is 3.73. The van der Waals surface area contributed by atoms with Gasteiger partial charge >= 0.3 is 0 Å². The van der Waals surface area contributed by atoms with Crippen LogP contribution >= 0.6 is 0 Å². The predicted molar refractivity (Wildman–Crippen MR) is 50.4 cm³/mol. The number of aromatic hydroxyl groups is 1. The van der Waals surface area contributed by atoms with Gasteiger partial charge in [-0.15, -0.1) is 0 Å². The van der Waals surface area contributed by atoms with E-state index in [0.29, 0.717) is 6.54 Å². The quantitative estimate of drug-likeness (QED) is 0.614. The molecule has 1 aromatic carbocycles. The fourth-order valence-electron chi connectivity index (χ4n) is 1.19. The lowest BCUT2D eigenvalue weighted by molar-refractivity contribution is -0.658. The third kappa shape index (κ3) is 3.05. The molecule has 0 fully saturated rings. The first kappa shape index (κ1) is 10.0. The molecule has 0 spiro atoms. The summed E-state index contributed by atoms with van der Waals surface area (Å²) in [6.45, 7) is 3.63. The first-order chi connectivity index (χ1) is 6.24. The molecule has 1 rings (SSSR count). The van der Waals surface area contributed by atoms with Crippen molar-refractivity contribution in [2.24, 2.45) is 0 Å². The van der Waals surface area contributed by atoms with Gasteiger partial charge in [0.15, 0.2) is 0 Å². The van der Waals surface area contributed by atoms with Crippen LogP contribution in [0.5, 0.6) is 5.75 Å². The van der Waals surface area contributed by atoms with Gasteiger partial charge in [0.05, 0.1) is 6.54 Å². The van der Waals surface area contributed by atoms with Crippen LogP contribution in [0, 0.1) is 0 Å². The number of aliphatic hydroxyl groups is 1. The summed E-state index contributed by atoms with van der Waals surface area (Å²) in [7, 11) is 0. The zero-order chi connectivity index (χ0) is 9.68. The average molecular weight is 182 g/mol. The van der Waals surface area contributed by atoms with Gasteiger partial charge in [0.1, 0.15) is 18.4 Å². The second-order valence-corrected chi connectivity index (χ2v) is 3.04. The van der Waals surface area contributed by atoms with Gasteiger partial charge < -0.3 is 15.5 Å². The molecule has 0 radical (unpaired) electrons. The fourth-order valence-corrected chi connectivity index (χ4v) is 1.19. The Morgan fingerprint density at radius 3 is 2.85 bits per heavy atom. The van der Waals surface area contributed by atoms with E-state index in [1.54, 1.807) is 18.2 Å². The standard InChI is InChI=1S/C10H15NO2/c1-2-11-7-10(13)8-4-3-5-9(12)6-8/h3-6,10-13H,2,7H2,1H3/p+1/t10-/m1/s1. The van der Waals surface area contributed by atoms with Gasteiger partial charge in [0.2, 0.25) is 0 Å². The van der Waals surface area contributed by atoms with E-state index in [1.807, 2.05) is 18.3 Å². The maximum absolute atomic E-state index is 9.63. The molecule has 0 aliphatic carbocycles. The molecule has 0 saturated heterocycles. The van der Waals surface area contributed by atoms with Crippen molar-refractivity contribution < 1.29 is 15.5 Å². The molecule has 72 valence electrons. The Labute approximate surface area is 78.0 Å². The molecule has 1 atom stereocenters. The zero-order valence-corrected chi connectivity index (χ0v) is 7.77.